The molecule has 0 aliphatic rings. The van der Waals surface area contributed by atoms with Crippen molar-refractivity contribution in [3.63, 3.8) is 0 Å². The molecule has 4 heteroatoms. The molecule has 3 nitrogen and oxygen atoms in total. The first-order chi connectivity index (χ1) is 6.65. The second-order valence-corrected chi connectivity index (χ2v) is 5.00. The summed E-state index contributed by atoms with van der Waals surface area (Å²) in [6.45, 7) is 8.60. The largest absolute Gasteiger partial charge is 0.315 e. The summed E-state index contributed by atoms with van der Waals surface area (Å²) in [5, 5.41) is 7.73. The Bertz CT molecular complexity index is 270. The summed E-state index contributed by atoms with van der Waals surface area (Å²) in [6, 6.07) is 0.457. The molecule has 0 saturated carbocycles. The first kappa shape index (κ1) is 12.0. The van der Waals surface area contributed by atoms with Gasteiger partial charge in [0.15, 0.2) is 0 Å². The Hall–Kier alpha value is -0.100. The van der Waals surface area contributed by atoms with E-state index in [-0.39, 0.29) is 0 Å². The van der Waals surface area contributed by atoms with Gasteiger partial charge in [0.2, 0.25) is 0 Å². The molecule has 1 rings (SSSR count). The maximum atomic E-state index is 4.36. The fourth-order valence-corrected chi connectivity index (χ4v) is 1.83. The van der Waals surface area contributed by atoms with Gasteiger partial charge in [0.1, 0.15) is 0 Å². The minimum atomic E-state index is 0.457. The molecule has 1 atom stereocenters. The van der Waals surface area contributed by atoms with Gasteiger partial charge in [-0.1, -0.05) is 20.8 Å². The lowest BCUT2D eigenvalue weighted by atomic mass is 10.1. The predicted molar refractivity (Wildman–Crippen MR) is 67.4 cm³/mol. The summed E-state index contributed by atoms with van der Waals surface area (Å²) in [5.41, 5.74) is 0. The number of aromatic nitrogens is 2. The quantitative estimate of drug-likeness (QED) is 0.846. The first-order valence-corrected chi connectivity index (χ1v) is 6.13. The summed E-state index contributed by atoms with van der Waals surface area (Å²) in [4.78, 5) is 0. The molecule has 0 bridgehead atoms. The van der Waals surface area contributed by atoms with E-state index in [1.165, 1.54) is 3.57 Å². The Morgan fingerprint density at radius 1 is 1.57 bits per heavy atom. The molecule has 1 unspecified atom stereocenters. The third-order valence-electron chi connectivity index (χ3n) is 2.28. The SMILES string of the molecule is CCNCC(C(C)C)n1cc(I)cn1. The lowest BCUT2D eigenvalue weighted by Gasteiger charge is -2.21. The molecule has 1 heterocycles. The highest BCUT2D eigenvalue weighted by Gasteiger charge is 2.15. The zero-order chi connectivity index (χ0) is 10.6. The van der Waals surface area contributed by atoms with Crippen LogP contribution >= 0.6 is 22.6 Å². The van der Waals surface area contributed by atoms with Crippen molar-refractivity contribution in [2.45, 2.75) is 26.8 Å². The summed E-state index contributed by atoms with van der Waals surface area (Å²) >= 11 is 2.29. The average molecular weight is 307 g/mol. The Balaban J connectivity index is 2.67. The Morgan fingerprint density at radius 3 is 2.71 bits per heavy atom. The molecule has 14 heavy (non-hydrogen) atoms. The van der Waals surface area contributed by atoms with E-state index in [1.54, 1.807) is 0 Å². The molecule has 0 fully saturated rings. The van der Waals surface area contributed by atoms with Crippen molar-refractivity contribution in [2.75, 3.05) is 13.1 Å². The lowest BCUT2D eigenvalue weighted by molar-refractivity contribution is 0.332. The van der Waals surface area contributed by atoms with Crippen LogP contribution in [0.15, 0.2) is 12.4 Å². The fraction of sp³-hybridized carbons (Fsp3) is 0.700. The zero-order valence-corrected chi connectivity index (χ0v) is 11.2. The van der Waals surface area contributed by atoms with Crippen LogP contribution in [0.4, 0.5) is 0 Å². The monoisotopic (exact) mass is 307 g/mol. The minimum absolute atomic E-state index is 0.457. The second kappa shape index (κ2) is 5.70. The van der Waals surface area contributed by atoms with Gasteiger partial charge in [-0.3, -0.25) is 4.68 Å². The normalized spacial score (nSPS) is 13.5. The van der Waals surface area contributed by atoms with Crippen LogP contribution in [0.3, 0.4) is 0 Å². The molecule has 0 saturated heterocycles. The van der Waals surface area contributed by atoms with Crippen LogP contribution in [-0.4, -0.2) is 22.9 Å². The van der Waals surface area contributed by atoms with Gasteiger partial charge in [-0.25, -0.2) is 0 Å². The number of nitrogens with zero attached hydrogens (tertiary/aromatic N) is 2. The zero-order valence-electron chi connectivity index (χ0n) is 9.00. The molecule has 1 aromatic rings. The van der Waals surface area contributed by atoms with Crippen LogP contribution < -0.4 is 5.32 Å². The first-order valence-electron chi connectivity index (χ1n) is 5.05. The molecule has 0 radical (unpaired) electrons. The van der Waals surface area contributed by atoms with E-state index in [4.69, 9.17) is 0 Å². The average Bonchev–Trinajstić information content (AvgIpc) is 2.52. The minimum Gasteiger partial charge on any atom is -0.315 e. The molecule has 0 spiro atoms. The number of nitrogens with one attached hydrogen (secondary N) is 1. The van der Waals surface area contributed by atoms with Crippen molar-refractivity contribution in [3.05, 3.63) is 16.0 Å². The lowest BCUT2D eigenvalue weighted by Crippen LogP contribution is -2.29. The predicted octanol–water partition coefficient (Wildman–Crippen LogP) is 2.29. The highest BCUT2D eigenvalue weighted by molar-refractivity contribution is 14.1. The van der Waals surface area contributed by atoms with E-state index in [0.29, 0.717) is 12.0 Å². The smallest absolute Gasteiger partial charge is 0.0666 e. The molecule has 0 aliphatic carbocycles. The standard InChI is InChI=1S/C10H18IN3/c1-4-12-6-10(8(2)3)14-7-9(11)5-13-14/h5,7-8,10,12H,4,6H2,1-3H3. The van der Waals surface area contributed by atoms with Crippen LogP contribution in [0.5, 0.6) is 0 Å². The van der Waals surface area contributed by atoms with Crippen LogP contribution in [0, 0.1) is 9.49 Å². The van der Waals surface area contributed by atoms with Crippen LogP contribution in [0.2, 0.25) is 0 Å². The maximum Gasteiger partial charge on any atom is 0.0666 e. The topological polar surface area (TPSA) is 29.9 Å². The summed E-state index contributed by atoms with van der Waals surface area (Å²) in [5.74, 6) is 0.602. The number of hydrogen-bond acceptors (Lipinski definition) is 2. The van der Waals surface area contributed by atoms with Gasteiger partial charge in [-0.15, -0.1) is 0 Å². The Labute approximate surface area is 99.4 Å². The highest BCUT2D eigenvalue weighted by atomic mass is 127. The van der Waals surface area contributed by atoms with E-state index >= 15 is 0 Å². The van der Waals surface area contributed by atoms with Crippen LogP contribution in [-0.2, 0) is 0 Å². The van der Waals surface area contributed by atoms with Gasteiger partial charge in [0, 0.05) is 12.7 Å². The third-order valence-corrected chi connectivity index (χ3v) is 2.84. The second-order valence-electron chi connectivity index (χ2n) is 3.76. The van der Waals surface area contributed by atoms with Crippen LogP contribution in [0.1, 0.15) is 26.8 Å². The van der Waals surface area contributed by atoms with Gasteiger partial charge in [-0.05, 0) is 35.1 Å². The molecule has 1 N–H and O–H groups in total. The number of hydrogen-bond donors (Lipinski definition) is 1. The number of halogens is 1. The summed E-state index contributed by atoms with van der Waals surface area (Å²) in [6.07, 6.45) is 4.00. The van der Waals surface area contributed by atoms with Gasteiger partial charge >= 0.3 is 0 Å². The van der Waals surface area contributed by atoms with Crippen LogP contribution in [0.25, 0.3) is 0 Å². The summed E-state index contributed by atoms with van der Waals surface area (Å²) in [7, 11) is 0. The van der Waals surface area contributed by atoms with E-state index in [9.17, 15) is 0 Å². The van der Waals surface area contributed by atoms with Gasteiger partial charge in [0.25, 0.3) is 0 Å². The number of likely N-dealkylation sites (N-methyl/N-ethyl adjacent to an activating group) is 1. The van der Waals surface area contributed by atoms with Crippen molar-refractivity contribution in [1.29, 1.82) is 0 Å². The van der Waals surface area contributed by atoms with Gasteiger partial charge in [0.05, 0.1) is 15.8 Å². The van der Waals surface area contributed by atoms with E-state index in [2.05, 4.69) is 64.7 Å². The summed E-state index contributed by atoms with van der Waals surface area (Å²) < 4.78 is 3.26. The number of rotatable bonds is 5. The third kappa shape index (κ3) is 3.24. The fourth-order valence-electron chi connectivity index (χ4n) is 1.42. The molecule has 1 aromatic heterocycles. The van der Waals surface area contributed by atoms with Crippen molar-refractivity contribution in [1.82, 2.24) is 15.1 Å². The molecule has 0 amide bonds. The molecule has 0 aromatic carbocycles. The van der Waals surface area contributed by atoms with Crippen molar-refractivity contribution < 1.29 is 0 Å². The van der Waals surface area contributed by atoms with E-state index in [1.807, 2.05) is 6.20 Å². The Kier molecular flexibility index (Phi) is 4.88. The maximum absolute atomic E-state index is 4.36. The molecule has 80 valence electrons. The van der Waals surface area contributed by atoms with Gasteiger partial charge < -0.3 is 5.32 Å². The highest BCUT2D eigenvalue weighted by Crippen LogP contribution is 2.16. The van der Waals surface area contributed by atoms with Crippen molar-refractivity contribution >= 4 is 22.6 Å². The van der Waals surface area contributed by atoms with E-state index in [0.717, 1.165) is 13.1 Å². The van der Waals surface area contributed by atoms with Crippen molar-refractivity contribution in [2.24, 2.45) is 5.92 Å². The van der Waals surface area contributed by atoms with Gasteiger partial charge in [-0.2, -0.15) is 5.10 Å². The van der Waals surface area contributed by atoms with Crippen molar-refractivity contribution in [3.8, 4) is 0 Å². The molecule has 0 aliphatic heterocycles. The van der Waals surface area contributed by atoms with E-state index < -0.39 is 0 Å². The molecular weight excluding hydrogens is 289 g/mol. The molecular formula is C10H18IN3. The Morgan fingerprint density at radius 2 is 2.29 bits per heavy atom.